The third-order valence-corrected chi connectivity index (χ3v) is 19.3. The summed E-state index contributed by atoms with van der Waals surface area (Å²) in [6, 6.07) is 56.5. The number of fused-ring (bicyclic) bond motifs is 16. The molecule has 3 heterocycles. The highest BCUT2D eigenvalue weighted by atomic mass is 16.6. The van der Waals surface area contributed by atoms with Crippen LogP contribution in [0.15, 0.2) is 210 Å². The van der Waals surface area contributed by atoms with Crippen LogP contribution in [0, 0.1) is 0 Å². The summed E-state index contributed by atoms with van der Waals surface area (Å²) < 4.78 is 60.5. The van der Waals surface area contributed by atoms with Crippen LogP contribution in [0.2, 0.25) is 0 Å². The molecule has 12 aromatic rings. The topological polar surface area (TPSA) is 256 Å². The summed E-state index contributed by atoms with van der Waals surface area (Å²) in [5, 5.41) is 9.36. The molecule has 0 radical (unpaired) electrons. The summed E-state index contributed by atoms with van der Waals surface area (Å²) >= 11 is 0. The molecular weight excluding hydrogens is 1310 g/mol. The fourth-order valence-electron chi connectivity index (χ4n) is 14.4. The lowest BCUT2D eigenvalue weighted by atomic mass is 9.97. The van der Waals surface area contributed by atoms with E-state index in [0.29, 0.717) is 38.2 Å². The quantitative estimate of drug-likeness (QED) is 0.0294. The second kappa shape index (κ2) is 27.3. The van der Waals surface area contributed by atoms with Crippen LogP contribution >= 0.6 is 0 Å². The monoisotopic (exact) mass is 1380 g/mol. The van der Waals surface area contributed by atoms with Gasteiger partial charge in [-0.1, -0.05) is 152 Å². The van der Waals surface area contributed by atoms with Crippen LogP contribution < -0.4 is 50.0 Å². The van der Waals surface area contributed by atoms with Crippen molar-refractivity contribution < 1.29 is 75.8 Å². The van der Waals surface area contributed by atoms with Crippen LogP contribution in [-0.4, -0.2) is 99.9 Å². The first-order chi connectivity index (χ1) is 50.1. The van der Waals surface area contributed by atoms with Crippen LogP contribution in [-0.2, 0) is 28.6 Å². The van der Waals surface area contributed by atoms with Crippen LogP contribution in [0.1, 0.15) is 71.9 Å². The lowest BCUT2D eigenvalue weighted by Gasteiger charge is -2.18. The Morgan fingerprint density at radius 1 is 0.408 bits per heavy atom. The average Bonchev–Trinajstić information content (AvgIpc) is 1.55. The number of ether oxygens (including phenoxy) is 9. The minimum atomic E-state index is -1.24. The van der Waals surface area contributed by atoms with E-state index >= 15 is 0 Å². The SMILES string of the molecule is COc1cc(-c2c3c4cc(OC)c(OC(=O)[C@H](C)NC(=O)OCC5c6ccccc6-c6ccccc65)cc4oc(=O)c3n3ccc4cc(OC(=O)[C@H](C)NC(=O)OCC5c6ccccc6-c6ccccc65)c(OC)cc4c23)ccc1OC(=O)[C@H](C)NC(=O)OCC1c2ccccc2-c2ccccc21. The van der Waals surface area contributed by atoms with Crippen molar-refractivity contribution in [2.45, 2.75) is 56.7 Å². The molecule has 0 bridgehead atoms. The highest BCUT2D eigenvalue weighted by molar-refractivity contribution is 6.22. The standard InChI is InChI=1S/C82H66N4O17/c1-43(83-80(91)97-40-62-54-25-13-7-19-48(54)49-20-8-14-26-55(49)62)76(87)100-65-32-31-47(36-67(65)94-4)72-73-61-38-69(96-6)71(103-78(89)45(3)85-82(93)99-42-64-58-29-17-11-23-52(58)53-24-12-18-30-59(53)64)39-66(61)101-79(90)75(73)86-34-33-46-35-70(68(95-5)37-60(46)74(72)86)102-77(88)44(2)84-81(92)98-41-63-56-27-15-9-21-50(56)51-22-10-16-28-57(51)63/h7-39,43-45,62-64H,40-42H2,1-6H3,(H,83,91)(H,84,92)(H,85,93)/t43-,44-,45-/m0/s1. The molecule has 3 amide bonds. The summed E-state index contributed by atoms with van der Waals surface area (Å²) in [6.45, 7) is 4.41. The van der Waals surface area contributed by atoms with Gasteiger partial charge in [-0.2, -0.15) is 0 Å². The minimum Gasteiger partial charge on any atom is -0.493 e. The number of nitrogens with zero attached hydrogens (tertiary/aromatic N) is 1. The van der Waals surface area contributed by atoms with E-state index in [-0.39, 0.29) is 83.2 Å². The maximum absolute atomic E-state index is 14.9. The van der Waals surface area contributed by atoms with Crippen molar-refractivity contribution in [3.8, 4) is 79.0 Å². The van der Waals surface area contributed by atoms with Gasteiger partial charge in [-0.05, 0) is 135 Å². The molecule has 0 saturated heterocycles. The van der Waals surface area contributed by atoms with Gasteiger partial charge in [-0.15, -0.1) is 0 Å². The first kappa shape index (κ1) is 66.0. The number of esters is 3. The van der Waals surface area contributed by atoms with Gasteiger partial charge in [0.2, 0.25) is 0 Å². The fraction of sp³-hybridized carbons (Fsp3) is 0.183. The van der Waals surface area contributed by atoms with E-state index in [2.05, 4.69) is 16.0 Å². The molecule has 516 valence electrons. The van der Waals surface area contributed by atoms with E-state index in [1.54, 1.807) is 47.0 Å². The smallest absolute Gasteiger partial charge is 0.407 e. The Labute approximate surface area is 588 Å². The highest BCUT2D eigenvalue weighted by Crippen LogP contribution is 2.50. The molecule has 0 spiro atoms. The lowest BCUT2D eigenvalue weighted by molar-refractivity contribution is -0.137. The lowest BCUT2D eigenvalue weighted by Crippen LogP contribution is -2.41. The van der Waals surface area contributed by atoms with Gasteiger partial charge in [0, 0.05) is 51.7 Å². The van der Waals surface area contributed by atoms with E-state index in [1.165, 1.54) is 54.2 Å². The summed E-state index contributed by atoms with van der Waals surface area (Å²) in [4.78, 5) is 96.8. The average molecular weight is 1380 g/mol. The van der Waals surface area contributed by atoms with Crippen LogP contribution in [0.4, 0.5) is 14.4 Å². The zero-order valence-corrected chi connectivity index (χ0v) is 56.5. The van der Waals surface area contributed by atoms with Crippen LogP contribution in [0.5, 0.6) is 34.5 Å². The maximum Gasteiger partial charge on any atom is 0.407 e. The van der Waals surface area contributed by atoms with Crippen molar-refractivity contribution in [3.05, 3.63) is 244 Å². The number of carbonyl (C=O) groups is 6. The van der Waals surface area contributed by atoms with Gasteiger partial charge in [0.1, 0.15) is 49.0 Å². The van der Waals surface area contributed by atoms with Gasteiger partial charge in [0.05, 0.1) is 26.8 Å². The fourth-order valence-corrected chi connectivity index (χ4v) is 14.4. The Bertz CT molecular complexity index is 5410. The number of alkyl carbamates (subject to hydrolysis) is 3. The van der Waals surface area contributed by atoms with Gasteiger partial charge in [0.25, 0.3) is 0 Å². The summed E-state index contributed by atoms with van der Waals surface area (Å²) in [7, 11) is 4.14. The molecule has 3 aliphatic rings. The van der Waals surface area contributed by atoms with Gasteiger partial charge in [-0.25, -0.2) is 33.6 Å². The Morgan fingerprint density at radius 2 is 0.767 bits per heavy atom. The number of hydrogen-bond donors (Lipinski definition) is 3. The molecule has 103 heavy (non-hydrogen) atoms. The molecule has 9 aromatic carbocycles. The van der Waals surface area contributed by atoms with Crippen molar-refractivity contribution in [1.29, 1.82) is 0 Å². The largest absolute Gasteiger partial charge is 0.493 e. The van der Waals surface area contributed by atoms with Crippen LogP contribution in [0.3, 0.4) is 0 Å². The number of aromatic nitrogens is 1. The molecule has 3 N–H and O–H groups in total. The second-order valence-electron chi connectivity index (χ2n) is 25.3. The van der Waals surface area contributed by atoms with Crippen LogP contribution in [0.25, 0.3) is 82.7 Å². The Kier molecular flexibility index (Phi) is 17.5. The number of methoxy groups -OCH3 is 3. The van der Waals surface area contributed by atoms with E-state index < -0.39 is 59.9 Å². The van der Waals surface area contributed by atoms with E-state index in [1.807, 2.05) is 146 Å². The number of pyridine rings is 1. The molecule has 0 unspecified atom stereocenters. The predicted octanol–water partition coefficient (Wildman–Crippen LogP) is 14.5. The zero-order chi connectivity index (χ0) is 71.3. The number of rotatable bonds is 19. The third-order valence-electron chi connectivity index (χ3n) is 19.3. The molecule has 0 fully saturated rings. The van der Waals surface area contributed by atoms with E-state index in [4.69, 9.17) is 47.0 Å². The summed E-state index contributed by atoms with van der Waals surface area (Å²) in [5.41, 5.74) is 12.9. The van der Waals surface area contributed by atoms with Gasteiger partial charge in [0.15, 0.2) is 34.5 Å². The number of hydrogen-bond acceptors (Lipinski definition) is 17. The maximum atomic E-state index is 14.9. The number of benzene rings is 9. The van der Waals surface area contributed by atoms with Crippen molar-refractivity contribution >= 4 is 74.3 Å². The van der Waals surface area contributed by atoms with E-state index in [9.17, 15) is 33.6 Å². The molecule has 3 atom stereocenters. The molecule has 15 rings (SSSR count). The Morgan fingerprint density at radius 3 is 1.17 bits per heavy atom. The van der Waals surface area contributed by atoms with Crippen molar-refractivity contribution in [1.82, 2.24) is 20.4 Å². The number of carbonyl (C=O) groups excluding carboxylic acids is 6. The number of amides is 3. The van der Waals surface area contributed by atoms with Crippen molar-refractivity contribution in [2.75, 3.05) is 41.2 Å². The molecule has 21 heteroatoms. The Balaban J connectivity index is 0.723. The first-order valence-corrected chi connectivity index (χ1v) is 33.4. The summed E-state index contributed by atoms with van der Waals surface area (Å²) in [5.74, 6) is -3.21. The van der Waals surface area contributed by atoms with Gasteiger partial charge >= 0.3 is 41.8 Å². The second-order valence-corrected chi connectivity index (χ2v) is 25.3. The first-order valence-electron chi connectivity index (χ1n) is 33.4. The minimum absolute atomic E-state index is 0.00189. The van der Waals surface area contributed by atoms with Gasteiger partial charge in [-0.3, -0.25) is 0 Å². The van der Waals surface area contributed by atoms with E-state index in [0.717, 1.165) is 66.8 Å². The number of nitrogens with one attached hydrogen (secondary N) is 3. The van der Waals surface area contributed by atoms with Crippen molar-refractivity contribution in [2.24, 2.45) is 0 Å². The molecule has 0 saturated carbocycles. The molecule has 0 aliphatic heterocycles. The normalized spacial score (nSPS) is 13.5. The predicted molar refractivity (Wildman–Crippen MR) is 383 cm³/mol. The van der Waals surface area contributed by atoms with Gasteiger partial charge < -0.3 is 67.4 Å². The highest BCUT2D eigenvalue weighted by Gasteiger charge is 2.35. The molecule has 21 nitrogen and oxygen atoms in total. The molecule has 3 aromatic heterocycles. The zero-order valence-electron chi connectivity index (χ0n) is 56.5. The van der Waals surface area contributed by atoms with Crippen molar-refractivity contribution in [3.63, 3.8) is 0 Å². The molecular formula is C82H66N4O17. The summed E-state index contributed by atoms with van der Waals surface area (Å²) in [6.07, 6.45) is -0.863. The molecule has 3 aliphatic carbocycles. The third kappa shape index (κ3) is 12.1. The Hall–Kier alpha value is -12.9.